The predicted octanol–water partition coefficient (Wildman–Crippen LogP) is 5.88. The number of nitrogens with zero attached hydrogens (tertiary/aromatic N) is 4. The average molecular weight is 526 g/mol. The maximum absolute atomic E-state index is 12.4. The summed E-state index contributed by atoms with van der Waals surface area (Å²) in [6, 6.07) is 22.1. The van der Waals surface area contributed by atoms with Gasteiger partial charge in [-0.05, 0) is 73.2 Å². The van der Waals surface area contributed by atoms with Gasteiger partial charge in [0.1, 0.15) is 5.75 Å². The fourth-order valence-electron chi connectivity index (χ4n) is 3.17. The van der Waals surface area contributed by atoms with Crippen LogP contribution in [0.4, 0.5) is 0 Å². The van der Waals surface area contributed by atoms with Gasteiger partial charge in [0.05, 0.1) is 18.6 Å². The van der Waals surface area contributed by atoms with E-state index in [0.29, 0.717) is 27.6 Å². The van der Waals surface area contributed by atoms with Crippen LogP contribution < -0.4 is 10.2 Å². The number of aromatic nitrogens is 3. The summed E-state index contributed by atoms with van der Waals surface area (Å²) in [6.45, 7) is 2.52. The fourth-order valence-corrected chi connectivity index (χ4v) is 4.24. The van der Waals surface area contributed by atoms with Crippen LogP contribution in [0.3, 0.4) is 0 Å². The molecule has 10 heteroatoms. The highest BCUT2D eigenvalue weighted by Gasteiger charge is 2.17. The summed E-state index contributed by atoms with van der Waals surface area (Å²) in [6.07, 6.45) is 1.54. The summed E-state index contributed by atoms with van der Waals surface area (Å²) in [7, 11) is 0. The molecule has 178 valence electrons. The summed E-state index contributed by atoms with van der Waals surface area (Å²) >= 11 is 13.3. The number of amides is 1. The Labute approximate surface area is 217 Å². The quantitative estimate of drug-likeness (QED) is 0.167. The Morgan fingerprint density at radius 3 is 2.54 bits per heavy atom. The zero-order valence-corrected chi connectivity index (χ0v) is 21.0. The second-order valence-electron chi connectivity index (χ2n) is 7.21. The van der Waals surface area contributed by atoms with Crippen molar-refractivity contribution >= 4 is 47.1 Å². The van der Waals surface area contributed by atoms with Crippen LogP contribution in [-0.2, 0) is 4.79 Å². The minimum absolute atomic E-state index is 0.0999. The van der Waals surface area contributed by atoms with Crippen LogP contribution in [0.25, 0.3) is 17.1 Å². The monoisotopic (exact) mass is 525 g/mol. The molecule has 0 spiro atoms. The summed E-state index contributed by atoms with van der Waals surface area (Å²) in [5.41, 5.74) is 4.99. The van der Waals surface area contributed by atoms with Gasteiger partial charge < -0.3 is 4.74 Å². The molecule has 1 heterocycles. The van der Waals surface area contributed by atoms with E-state index in [1.807, 2.05) is 60.0 Å². The molecule has 0 aliphatic carbocycles. The van der Waals surface area contributed by atoms with Crippen molar-refractivity contribution in [3.05, 3.63) is 88.4 Å². The zero-order valence-electron chi connectivity index (χ0n) is 18.7. The lowest BCUT2D eigenvalue weighted by molar-refractivity contribution is -0.118. The number of thioether (sulfide) groups is 1. The van der Waals surface area contributed by atoms with Crippen LogP contribution >= 0.6 is 35.0 Å². The number of carbonyl (C=O) groups is 1. The highest BCUT2D eigenvalue weighted by molar-refractivity contribution is 7.99. The number of carbonyl (C=O) groups excluding carboxylic acids is 1. The smallest absolute Gasteiger partial charge is 0.250 e. The molecule has 4 rings (SSSR count). The van der Waals surface area contributed by atoms with E-state index in [1.165, 1.54) is 18.0 Å². The summed E-state index contributed by atoms with van der Waals surface area (Å²) in [4.78, 5) is 12.4. The Morgan fingerprint density at radius 1 is 1.06 bits per heavy atom. The predicted molar refractivity (Wildman–Crippen MR) is 141 cm³/mol. The molecule has 1 amide bonds. The third-order valence-electron chi connectivity index (χ3n) is 4.73. The van der Waals surface area contributed by atoms with Gasteiger partial charge in [-0.2, -0.15) is 5.10 Å². The molecule has 0 saturated heterocycles. The van der Waals surface area contributed by atoms with Gasteiger partial charge in [0.25, 0.3) is 5.91 Å². The average Bonchev–Trinajstić information content (AvgIpc) is 3.28. The van der Waals surface area contributed by atoms with E-state index in [-0.39, 0.29) is 11.7 Å². The van der Waals surface area contributed by atoms with Gasteiger partial charge in [-0.15, -0.1) is 10.2 Å². The van der Waals surface area contributed by atoms with Crippen LogP contribution in [0.1, 0.15) is 12.5 Å². The third kappa shape index (κ3) is 6.63. The van der Waals surface area contributed by atoms with E-state index >= 15 is 0 Å². The molecule has 1 aromatic heterocycles. The lowest BCUT2D eigenvalue weighted by Gasteiger charge is -2.11. The normalized spacial score (nSPS) is 11.1. The first-order valence-corrected chi connectivity index (χ1v) is 12.4. The molecular weight excluding hydrogens is 505 g/mol. The Bertz CT molecular complexity index is 1320. The van der Waals surface area contributed by atoms with Crippen LogP contribution in [0, 0.1) is 0 Å². The van der Waals surface area contributed by atoms with Crippen LogP contribution in [-0.4, -0.2) is 39.2 Å². The zero-order chi connectivity index (χ0) is 24.6. The number of benzene rings is 3. The fraction of sp³-hybridized carbons (Fsp3) is 0.120. The van der Waals surface area contributed by atoms with Crippen LogP contribution in [0.2, 0.25) is 10.0 Å². The lowest BCUT2D eigenvalue weighted by atomic mass is 10.2. The molecule has 35 heavy (non-hydrogen) atoms. The van der Waals surface area contributed by atoms with Crippen molar-refractivity contribution in [1.29, 1.82) is 0 Å². The summed E-state index contributed by atoms with van der Waals surface area (Å²) in [5, 5.41) is 14.5. The highest BCUT2D eigenvalue weighted by Crippen LogP contribution is 2.29. The van der Waals surface area contributed by atoms with E-state index in [1.54, 1.807) is 24.3 Å². The first-order chi connectivity index (χ1) is 17.0. The molecule has 4 aromatic rings. The van der Waals surface area contributed by atoms with Gasteiger partial charge in [0.15, 0.2) is 11.0 Å². The molecule has 1 N–H and O–H groups in total. The first-order valence-electron chi connectivity index (χ1n) is 10.7. The van der Waals surface area contributed by atoms with Gasteiger partial charge in [-0.25, -0.2) is 5.43 Å². The van der Waals surface area contributed by atoms with Crippen molar-refractivity contribution in [3.63, 3.8) is 0 Å². The molecule has 3 aromatic carbocycles. The minimum Gasteiger partial charge on any atom is -0.494 e. The second-order valence-corrected chi connectivity index (χ2v) is 9.03. The van der Waals surface area contributed by atoms with Crippen LogP contribution in [0.5, 0.6) is 5.75 Å². The number of rotatable bonds is 9. The maximum Gasteiger partial charge on any atom is 0.250 e. The molecular formula is C25H21Cl2N5O2S. The molecule has 7 nitrogen and oxygen atoms in total. The standard InChI is InChI=1S/C25H21Cl2N5O2S/c1-2-34-22-12-10-21(11-13-22)32-24(18-6-8-19(26)9-7-18)30-31-25(32)35-16-23(33)29-28-15-17-4-3-5-20(27)14-17/h3-15H,2,16H2,1H3,(H,29,33)/b28-15+. The number of ether oxygens (including phenoxy) is 1. The number of hydrogen-bond acceptors (Lipinski definition) is 6. The minimum atomic E-state index is -0.275. The van der Waals surface area contributed by atoms with Gasteiger partial charge in [0.2, 0.25) is 0 Å². The number of nitrogens with one attached hydrogen (secondary N) is 1. The van der Waals surface area contributed by atoms with E-state index in [9.17, 15) is 4.79 Å². The number of hydrazone groups is 1. The van der Waals surface area contributed by atoms with Crippen molar-refractivity contribution in [2.45, 2.75) is 12.1 Å². The van der Waals surface area contributed by atoms with Crippen molar-refractivity contribution in [3.8, 4) is 22.8 Å². The highest BCUT2D eigenvalue weighted by atomic mass is 35.5. The van der Waals surface area contributed by atoms with Gasteiger partial charge >= 0.3 is 0 Å². The van der Waals surface area contributed by atoms with Gasteiger partial charge in [-0.3, -0.25) is 9.36 Å². The summed E-state index contributed by atoms with van der Waals surface area (Å²) in [5.74, 6) is 1.22. The van der Waals surface area contributed by atoms with Crippen molar-refractivity contribution in [2.24, 2.45) is 5.10 Å². The maximum atomic E-state index is 12.4. The van der Waals surface area contributed by atoms with Crippen molar-refractivity contribution < 1.29 is 9.53 Å². The Morgan fingerprint density at radius 2 is 1.83 bits per heavy atom. The SMILES string of the molecule is CCOc1ccc(-n2c(SCC(=O)N/N=C/c3cccc(Cl)c3)nnc2-c2ccc(Cl)cc2)cc1. The molecule has 0 fully saturated rings. The molecule has 0 radical (unpaired) electrons. The van der Waals surface area contributed by atoms with E-state index in [0.717, 1.165) is 22.6 Å². The Kier molecular flexibility index (Phi) is 8.41. The van der Waals surface area contributed by atoms with E-state index < -0.39 is 0 Å². The topological polar surface area (TPSA) is 81.4 Å². The van der Waals surface area contributed by atoms with Gasteiger partial charge in [0, 0.05) is 21.3 Å². The number of halogens is 2. The number of hydrogen-bond donors (Lipinski definition) is 1. The molecule has 0 aliphatic heterocycles. The van der Waals surface area contributed by atoms with Crippen molar-refractivity contribution in [1.82, 2.24) is 20.2 Å². The molecule has 0 bridgehead atoms. The second kappa shape index (κ2) is 11.9. The van der Waals surface area contributed by atoms with E-state index in [4.69, 9.17) is 27.9 Å². The van der Waals surface area contributed by atoms with E-state index in [2.05, 4.69) is 20.7 Å². The first kappa shape index (κ1) is 24.8. The van der Waals surface area contributed by atoms with Crippen molar-refractivity contribution in [2.75, 3.05) is 12.4 Å². The largest absolute Gasteiger partial charge is 0.494 e. The third-order valence-corrected chi connectivity index (χ3v) is 6.14. The van der Waals surface area contributed by atoms with Gasteiger partial charge in [-0.1, -0.05) is 47.1 Å². The molecule has 0 atom stereocenters. The Hall–Kier alpha value is -3.33. The Balaban J connectivity index is 1.52. The lowest BCUT2D eigenvalue weighted by Crippen LogP contribution is -2.20. The molecule has 0 unspecified atom stereocenters. The van der Waals surface area contributed by atoms with Crippen LogP contribution in [0.15, 0.2) is 83.1 Å². The molecule has 0 saturated carbocycles. The summed E-state index contributed by atoms with van der Waals surface area (Å²) < 4.78 is 7.45. The molecule has 0 aliphatic rings.